The zero-order valence-corrected chi connectivity index (χ0v) is 14.4. The third kappa shape index (κ3) is 5.33. The first-order valence-corrected chi connectivity index (χ1v) is 8.10. The van der Waals surface area contributed by atoms with E-state index in [-0.39, 0.29) is 11.5 Å². The van der Waals surface area contributed by atoms with Gasteiger partial charge in [0.05, 0.1) is 16.3 Å². The number of hydrogen-bond donors (Lipinski definition) is 3. The summed E-state index contributed by atoms with van der Waals surface area (Å²) >= 11 is 0. The zero-order valence-electron chi connectivity index (χ0n) is 14.4. The number of urea groups is 1. The minimum absolute atomic E-state index is 0.139. The van der Waals surface area contributed by atoms with Crippen LogP contribution >= 0.6 is 0 Å². The molecule has 10 nitrogen and oxygen atoms in total. The molecule has 2 amide bonds. The van der Waals surface area contributed by atoms with E-state index in [4.69, 9.17) is 0 Å². The lowest BCUT2D eigenvalue weighted by atomic mass is 10.3. The number of carbonyl (C=O) groups is 1. The number of rotatable bonds is 6. The number of nitrogens with one attached hydrogen (secondary N) is 3. The number of amides is 2. The SMILES string of the molecule is O=C(NNc1ccc([N+](=O)[O-])cn1)Nc1ccc(N=Nc2ccccc2)cc1. The summed E-state index contributed by atoms with van der Waals surface area (Å²) < 4.78 is 0. The van der Waals surface area contributed by atoms with Gasteiger partial charge in [0.15, 0.2) is 0 Å². The maximum absolute atomic E-state index is 11.9. The van der Waals surface area contributed by atoms with Crippen molar-refractivity contribution in [3.05, 3.63) is 83.0 Å². The van der Waals surface area contributed by atoms with Crippen molar-refractivity contribution in [1.82, 2.24) is 10.4 Å². The molecule has 0 aliphatic carbocycles. The van der Waals surface area contributed by atoms with Crippen molar-refractivity contribution in [3.63, 3.8) is 0 Å². The number of nitrogens with zero attached hydrogens (tertiary/aromatic N) is 4. The fourth-order valence-corrected chi connectivity index (χ4v) is 2.07. The van der Waals surface area contributed by atoms with Crippen molar-refractivity contribution >= 4 is 34.6 Å². The number of carbonyl (C=O) groups excluding carboxylic acids is 1. The van der Waals surface area contributed by atoms with Crippen LogP contribution in [0.15, 0.2) is 83.2 Å². The first-order valence-electron chi connectivity index (χ1n) is 8.10. The van der Waals surface area contributed by atoms with Crippen LogP contribution in [0.25, 0.3) is 0 Å². The molecule has 0 spiro atoms. The molecule has 3 aromatic rings. The molecular formula is C18H15N7O3. The number of benzene rings is 2. The van der Waals surface area contributed by atoms with Crippen molar-refractivity contribution in [1.29, 1.82) is 0 Å². The normalized spacial score (nSPS) is 10.4. The highest BCUT2D eigenvalue weighted by Gasteiger charge is 2.06. The lowest BCUT2D eigenvalue weighted by Gasteiger charge is -2.09. The number of pyridine rings is 1. The summed E-state index contributed by atoms with van der Waals surface area (Å²) in [5, 5.41) is 21.4. The molecule has 3 N–H and O–H groups in total. The highest BCUT2D eigenvalue weighted by atomic mass is 16.6. The van der Waals surface area contributed by atoms with Crippen LogP contribution in [-0.2, 0) is 0 Å². The third-order valence-electron chi connectivity index (χ3n) is 3.43. The van der Waals surface area contributed by atoms with Gasteiger partial charge in [0, 0.05) is 11.8 Å². The molecule has 1 aromatic heterocycles. The topological polar surface area (TPSA) is 134 Å². The van der Waals surface area contributed by atoms with Crippen molar-refractivity contribution in [3.8, 4) is 0 Å². The Hall–Kier alpha value is -4.34. The predicted octanol–water partition coefficient (Wildman–Crippen LogP) is 4.55. The second-order valence-corrected chi connectivity index (χ2v) is 5.45. The van der Waals surface area contributed by atoms with E-state index in [1.807, 2.05) is 30.3 Å². The van der Waals surface area contributed by atoms with E-state index in [1.54, 1.807) is 24.3 Å². The lowest BCUT2D eigenvalue weighted by Crippen LogP contribution is -2.33. The smallest absolute Gasteiger partial charge is 0.307 e. The predicted molar refractivity (Wildman–Crippen MR) is 104 cm³/mol. The van der Waals surface area contributed by atoms with Crippen LogP contribution in [0.5, 0.6) is 0 Å². The van der Waals surface area contributed by atoms with Gasteiger partial charge in [0.2, 0.25) is 0 Å². The Labute approximate surface area is 159 Å². The van der Waals surface area contributed by atoms with Gasteiger partial charge in [-0.05, 0) is 42.5 Å². The molecule has 28 heavy (non-hydrogen) atoms. The third-order valence-corrected chi connectivity index (χ3v) is 3.43. The van der Waals surface area contributed by atoms with Crippen LogP contribution in [0.1, 0.15) is 0 Å². The van der Waals surface area contributed by atoms with Crippen molar-refractivity contribution < 1.29 is 9.72 Å². The first-order chi connectivity index (χ1) is 13.6. The Morgan fingerprint density at radius 3 is 2.21 bits per heavy atom. The molecule has 10 heteroatoms. The lowest BCUT2D eigenvalue weighted by molar-refractivity contribution is -0.385. The first kappa shape index (κ1) is 18.5. The minimum atomic E-state index is -0.556. The summed E-state index contributed by atoms with van der Waals surface area (Å²) in [6.07, 6.45) is 1.09. The Bertz CT molecular complexity index is 974. The number of hydrogen-bond acceptors (Lipinski definition) is 7. The molecule has 0 aliphatic rings. The van der Waals surface area contributed by atoms with E-state index in [2.05, 4.69) is 31.4 Å². The van der Waals surface area contributed by atoms with Gasteiger partial charge < -0.3 is 5.32 Å². The Kier molecular flexibility index (Phi) is 5.83. The van der Waals surface area contributed by atoms with Crippen molar-refractivity contribution in [2.75, 3.05) is 10.7 Å². The van der Waals surface area contributed by atoms with E-state index in [0.29, 0.717) is 11.4 Å². The Morgan fingerprint density at radius 2 is 1.61 bits per heavy atom. The van der Waals surface area contributed by atoms with Crippen LogP contribution in [0, 0.1) is 10.1 Å². The maximum Gasteiger partial charge on any atom is 0.337 e. The summed E-state index contributed by atoms with van der Waals surface area (Å²) in [6.45, 7) is 0. The summed E-state index contributed by atoms with van der Waals surface area (Å²) in [5.41, 5.74) is 6.73. The van der Waals surface area contributed by atoms with Crippen LogP contribution in [0.4, 0.5) is 33.4 Å². The standard InChI is InChI=1S/C18H15N7O3/c26-18(24-23-17-11-10-16(12-19-17)25(27)28)20-13-6-8-15(9-7-13)22-21-14-4-2-1-3-5-14/h1-12H,(H,19,23)(H2,20,24,26). The molecule has 0 saturated carbocycles. The second-order valence-electron chi connectivity index (χ2n) is 5.45. The van der Waals surface area contributed by atoms with Gasteiger partial charge in [-0.3, -0.25) is 21.0 Å². The fraction of sp³-hybridized carbons (Fsp3) is 0. The van der Waals surface area contributed by atoms with Gasteiger partial charge in [-0.2, -0.15) is 10.2 Å². The monoisotopic (exact) mass is 377 g/mol. The van der Waals surface area contributed by atoms with Crippen LogP contribution < -0.4 is 16.2 Å². The average molecular weight is 377 g/mol. The van der Waals surface area contributed by atoms with Gasteiger partial charge in [0.25, 0.3) is 5.69 Å². The maximum atomic E-state index is 11.9. The largest absolute Gasteiger partial charge is 0.337 e. The van der Waals surface area contributed by atoms with E-state index in [0.717, 1.165) is 11.9 Å². The summed E-state index contributed by atoms with van der Waals surface area (Å²) in [5.74, 6) is 0.262. The number of aromatic nitrogens is 1. The number of hydrazine groups is 1. The highest BCUT2D eigenvalue weighted by molar-refractivity contribution is 5.90. The second kappa shape index (κ2) is 8.85. The van der Waals surface area contributed by atoms with Crippen LogP contribution in [0.3, 0.4) is 0 Å². The minimum Gasteiger partial charge on any atom is -0.307 e. The van der Waals surface area contributed by atoms with Crippen molar-refractivity contribution in [2.45, 2.75) is 0 Å². The molecule has 1 heterocycles. The molecule has 0 fully saturated rings. The van der Waals surface area contributed by atoms with Crippen molar-refractivity contribution in [2.24, 2.45) is 10.2 Å². The van der Waals surface area contributed by atoms with E-state index < -0.39 is 11.0 Å². The molecule has 0 radical (unpaired) electrons. The van der Waals surface area contributed by atoms with E-state index in [1.165, 1.54) is 12.1 Å². The van der Waals surface area contributed by atoms with Gasteiger partial charge in [-0.25, -0.2) is 9.78 Å². The van der Waals surface area contributed by atoms with Gasteiger partial charge in [-0.1, -0.05) is 18.2 Å². The van der Waals surface area contributed by atoms with Gasteiger partial charge >= 0.3 is 6.03 Å². The fourth-order valence-electron chi connectivity index (χ4n) is 2.07. The van der Waals surface area contributed by atoms with Gasteiger partial charge in [0.1, 0.15) is 12.0 Å². The molecule has 0 bridgehead atoms. The quantitative estimate of drug-likeness (QED) is 0.329. The zero-order chi connectivity index (χ0) is 19.8. The molecule has 2 aromatic carbocycles. The van der Waals surface area contributed by atoms with E-state index >= 15 is 0 Å². The van der Waals surface area contributed by atoms with Crippen LogP contribution in [-0.4, -0.2) is 15.9 Å². The average Bonchev–Trinajstić information content (AvgIpc) is 2.73. The summed E-state index contributed by atoms with van der Waals surface area (Å²) in [7, 11) is 0. The summed E-state index contributed by atoms with van der Waals surface area (Å²) in [6, 6.07) is 18.3. The molecular weight excluding hydrogens is 362 g/mol. The highest BCUT2D eigenvalue weighted by Crippen LogP contribution is 2.20. The summed E-state index contributed by atoms with van der Waals surface area (Å²) in [4.78, 5) is 25.7. The molecule has 0 saturated heterocycles. The molecule has 0 aliphatic heterocycles. The molecule has 140 valence electrons. The number of azo groups is 1. The molecule has 3 rings (SSSR count). The Balaban J connectivity index is 1.50. The molecule has 0 atom stereocenters. The van der Waals surface area contributed by atoms with Crippen LogP contribution in [0.2, 0.25) is 0 Å². The van der Waals surface area contributed by atoms with E-state index in [9.17, 15) is 14.9 Å². The molecule has 0 unspecified atom stereocenters. The van der Waals surface area contributed by atoms with Gasteiger partial charge in [-0.15, -0.1) is 0 Å². The Morgan fingerprint density at radius 1 is 0.929 bits per heavy atom. The number of anilines is 2. The number of nitro groups is 1.